The number of aliphatic carboxylic acids is 1. The van der Waals surface area contributed by atoms with E-state index in [1.54, 1.807) is 6.92 Å². The number of ether oxygens (including phenoxy) is 2. The number of carbonyl (C=O) groups is 1. The SMILES string of the molecule is CCOC1OC(C(=O)O)[C@@H](O)C(O)[C@H]1O. The van der Waals surface area contributed by atoms with E-state index in [1.807, 2.05) is 0 Å². The minimum atomic E-state index is -1.67. The topological polar surface area (TPSA) is 116 Å². The molecule has 7 heteroatoms. The minimum absolute atomic E-state index is 0.191. The Morgan fingerprint density at radius 1 is 1.27 bits per heavy atom. The predicted molar refractivity (Wildman–Crippen MR) is 45.9 cm³/mol. The van der Waals surface area contributed by atoms with Crippen molar-refractivity contribution in [2.75, 3.05) is 6.61 Å². The van der Waals surface area contributed by atoms with Crippen LogP contribution in [0.2, 0.25) is 0 Å². The van der Waals surface area contributed by atoms with Gasteiger partial charge in [-0.15, -0.1) is 0 Å². The van der Waals surface area contributed by atoms with E-state index in [4.69, 9.17) is 14.6 Å². The van der Waals surface area contributed by atoms with Gasteiger partial charge in [-0.05, 0) is 6.92 Å². The molecule has 0 aliphatic carbocycles. The van der Waals surface area contributed by atoms with E-state index in [0.717, 1.165) is 0 Å². The molecule has 0 aromatic rings. The molecular weight excluding hydrogens is 208 g/mol. The van der Waals surface area contributed by atoms with E-state index in [9.17, 15) is 20.1 Å². The Bertz CT molecular complexity index is 231. The molecule has 0 bridgehead atoms. The zero-order valence-electron chi connectivity index (χ0n) is 8.11. The molecular formula is C8H14O7. The first-order chi connectivity index (χ1) is 6.99. The van der Waals surface area contributed by atoms with Gasteiger partial charge in [-0.1, -0.05) is 0 Å². The highest BCUT2D eigenvalue weighted by Crippen LogP contribution is 2.22. The molecule has 0 saturated carbocycles. The van der Waals surface area contributed by atoms with Gasteiger partial charge in [-0.25, -0.2) is 4.79 Å². The van der Waals surface area contributed by atoms with Gasteiger partial charge in [-0.3, -0.25) is 0 Å². The molecule has 4 N–H and O–H groups in total. The van der Waals surface area contributed by atoms with Gasteiger partial charge >= 0.3 is 5.97 Å². The molecule has 0 spiro atoms. The van der Waals surface area contributed by atoms with Crippen LogP contribution < -0.4 is 0 Å². The summed E-state index contributed by atoms with van der Waals surface area (Å²) in [6.45, 7) is 1.82. The molecule has 88 valence electrons. The molecule has 5 atom stereocenters. The first-order valence-corrected chi connectivity index (χ1v) is 4.53. The van der Waals surface area contributed by atoms with Gasteiger partial charge in [0.15, 0.2) is 12.4 Å². The summed E-state index contributed by atoms with van der Waals surface area (Å²) in [5.74, 6) is -1.42. The van der Waals surface area contributed by atoms with Crippen molar-refractivity contribution >= 4 is 5.97 Å². The maximum Gasteiger partial charge on any atom is 0.335 e. The van der Waals surface area contributed by atoms with Gasteiger partial charge in [0.25, 0.3) is 0 Å². The molecule has 1 heterocycles. The molecule has 1 aliphatic heterocycles. The van der Waals surface area contributed by atoms with E-state index in [2.05, 4.69) is 0 Å². The lowest BCUT2D eigenvalue weighted by atomic mass is 9.99. The van der Waals surface area contributed by atoms with Crippen molar-refractivity contribution in [3.63, 3.8) is 0 Å². The van der Waals surface area contributed by atoms with Crippen molar-refractivity contribution in [1.29, 1.82) is 0 Å². The summed E-state index contributed by atoms with van der Waals surface area (Å²) in [5.41, 5.74) is 0. The molecule has 1 fully saturated rings. The summed E-state index contributed by atoms with van der Waals surface area (Å²) in [7, 11) is 0. The third kappa shape index (κ3) is 2.44. The highest BCUT2D eigenvalue weighted by Gasteiger charge is 2.47. The van der Waals surface area contributed by atoms with Gasteiger partial charge in [0, 0.05) is 6.61 Å². The monoisotopic (exact) mass is 222 g/mol. The van der Waals surface area contributed by atoms with Crippen molar-refractivity contribution in [3.05, 3.63) is 0 Å². The molecule has 0 amide bonds. The molecule has 1 rings (SSSR count). The molecule has 1 saturated heterocycles. The first-order valence-electron chi connectivity index (χ1n) is 4.53. The minimum Gasteiger partial charge on any atom is -0.479 e. The smallest absolute Gasteiger partial charge is 0.335 e. The quantitative estimate of drug-likeness (QED) is 0.432. The van der Waals surface area contributed by atoms with Crippen LogP contribution in [-0.4, -0.2) is 63.7 Å². The number of hydrogen-bond donors (Lipinski definition) is 4. The molecule has 0 aromatic carbocycles. The summed E-state index contributed by atoms with van der Waals surface area (Å²) in [6, 6.07) is 0. The van der Waals surface area contributed by atoms with Crippen LogP contribution in [0.1, 0.15) is 6.92 Å². The number of hydrogen-bond acceptors (Lipinski definition) is 6. The van der Waals surface area contributed by atoms with Crippen molar-refractivity contribution in [3.8, 4) is 0 Å². The Hall–Kier alpha value is -0.730. The summed E-state index contributed by atoms with van der Waals surface area (Å²) in [4.78, 5) is 10.6. The maximum atomic E-state index is 10.6. The third-order valence-corrected chi connectivity index (χ3v) is 2.14. The van der Waals surface area contributed by atoms with E-state index < -0.39 is 36.7 Å². The Labute approximate surface area is 85.9 Å². The van der Waals surface area contributed by atoms with E-state index in [0.29, 0.717) is 0 Å². The fraction of sp³-hybridized carbons (Fsp3) is 0.875. The lowest BCUT2D eigenvalue weighted by Gasteiger charge is -2.38. The van der Waals surface area contributed by atoms with Crippen LogP contribution in [0, 0.1) is 0 Å². The van der Waals surface area contributed by atoms with Gasteiger partial charge in [0.05, 0.1) is 0 Å². The summed E-state index contributed by atoms with van der Waals surface area (Å²) in [6.07, 6.45) is -7.57. The number of aliphatic hydroxyl groups excluding tert-OH is 3. The van der Waals surface area contributed by atoms with Crippen LogP contribution in [0.25, 0.3) is 0 Å². The van der Waals surface area contributed by atoms with Crippen molar-refractivity contribution in [2.45, 2.75) is 37.6 Å². The predicted octanol–water partition coefficient (Wildman–Crippen LogP) is -2.08. The molecule has 3 unspecified atom stereocenters. The number of carboxylic acids is 1. The van der Waals surface area contributed by atoms with Crippen LogP contribution in [0.4, 0.5) is 0 Å². The Balaban J connectivity index is 2.75. The van der Waals surface area contributed by atoms with Gasteiger partial charge < -0.3 is 29.9 Å². The standard InChI is InChI=1S/C8H14O7/c1-2-14-8-5(11)3(9)4(10)6(15-8)7(12)13/h3-6,8-11H,2H2,1H3,(H,12,13)/t3?,4-,5+,6?,8?/m0/s1. The normalized spacial score (nSPS) is 41.5. The number of carboxylic acid groups (broad SMARTS) is 1. The molecule has 1 aliphatic rings. The Morgan fingerprint density at radius 3 is 2.33 bits per heavy atom. The lowest BCUT2D eigenvalue weighted by molar-refractivity contribution is -0.292. The summed E-state index contributed by atoms with van der Waals surface area (Å²) >= 11 is 0. The fourth-order valence-corrected chi connectivity index (χ4v) is 1.35. The van der Waals surface area contributed by atoms with E-state index in [1.165, 1.54) is 0 Å². The highest BCUT2D eigenvalue weighted by molar-refractivity contribution is 5.73. The van der Waals surface area contributed by atoms with Gasteiger partial charge in [0.2, 0.25) is 0 Å². The van der Waals surface area contributed by atoms with Crippen molar-refractivity contribution < 1.29 is 34.7 Å². The second-order valence-electron chi connectivity index (χ2n) is 3.19. The van der Waals surface area contributed by atoms with Crippen LogP contribution in [-0.2, 0) is 14.3 Å². The van der Waals surface area contributed by atoms with Gasteiger partial charge in [-0.2, -0.15) is 0 Å². The average Bonchev–Trinajstić information content (AvgIpc) is 2.18. The second kappa shape index (κ2) is 4.86. The maximum absolute atomic E-state index is 10.6. The molecule has 0 radical (unpaired) electrons. The summed E-state index contributed by atoms with van der Waals surface area (Å²) in [5, 5.41) is 36.7. The molecule has 0 aromatic heterocycles. The van der Waals surface area contributed by atoms with E-state index >= 15 is 0 Å². The Kier molecular flexibility index (Phi) is 4.00. The zero-order valence-corrected chi connectivity index (χ0v) is 8.11. The van der Waals surface area contributed by atoms with Gasteiger partial charge in [0.1, 0.15) is 18.3 Å². The molecule has 15 heavy (non-hydrogen) atoms. The number of aliphatic hydroxyl groups is 3. The first kappa shape index (κ1) is 12.3. The van der Waals surface area contributed by atoms with Crippen LogP contribution >= 0.6 is 0 Å². The third-order valence-electron chi connectivity index (χ3n) is 2.14. The van der Waals surface area contributed by atoms with Crippen LogP contribution in [0.3, 0.4) is 0 Å². The summed E-state index contributed by atoms with van der Waals surface area (Å²) < 4.78 is 9.69. The lowest BCUT2D eigenvalue weighted by Crippen LogP contribution is -2.60. The molecule has 7 nitrogen and oxygen atoms in total. The zero-order chi connectivity index (χ0) is 11.6. The van der Waals surface area contributed by atoms with Crippen LogP contribution in [0.5, 0.6) is 0 Å². The van der Waals surface area contributed by atoms with Crippen molar-refractivity contribution in [2.24, 2.45) is 0 Å². The second-order valence-corrected chi connectivity index (χ2v) is 3.19. The fourth-order valence-electron chi connectivity index (χ4n) is 1.35. The van der Waals surface area contributed by atoms with Crippen molar-refractivity contribution in [1.82, 2.24) is 0 Å². The Morgan fingerprint density at radius 2 is 1.87 bits per heavy atom. The highest BCUT2D eigenvalue weighted by atomic mass is 16.7. The average molecular weight is 222 g/mol. The largest absolute Gasteiger partial charge is 0.479 e. The van der Waals surface area contributed by atoms with E-state index in [-0.39, 0.29) is 6.61 Å². The van der Waals surface area contributed by atoms with Crippen LogP contribution in [0.15, 0.2) is 0 Å². The number of rotatable bonds is 3.